The van der Waals surface area contributed by atoms with E-state index >= 15 is 0 Å². The van der Waals surface area contributed by atoms with Crippen LogP contribution >= 0.6 is 0 Å². The number of hydrogen-bond donors (Lipinski definition) is 2. The second kappa shape index (κ2) is 5.09. The number of aliphatic hydroxyl groups excluding tert-OH is 1. The molecule has 104 valence electrons. The third-order valence-corrected chi connectivity index (χ3v) is 3.26. The summed E-state index contributed by atoms with van der Waals surface area (Å²) in [5.41, 5.74) is 0.549. The van der Waals surface area contributed by atoms with Gasteiger partial charge in [0.1, 0.15) is 11.8 Å². The van der Waals surface area contributed by atoms with Gasteiger partial charge in [0, 0.05) is 18.3 Å². The summed E-state index contributed by atoms with van der Waals surface area (Å²) < 4.78 is 5.20. The number of ether oxygens (including phenoxy) is 1. The molecule has 0 saturated carbocycles. The van der Waals surface area contributed by atoms with Crippen LogP contribution in [0.25, 0.3) is 0 Å². The number of anilines is 1. The fourth-order valence-corrected chi connectivity index (χ4v) is 2.38. The van der Waals surface area contributed by atoms with Crippen molar-refractivity contribution in [2.45, 2.75) is 25.4 Å². The maximum Gasteiger partial charge on any atom is 0.245 e. The molecule has 0 radical (unpaired) electrons. The summed E-state index contributed by atoms with van der Waals surface area (Å²) in [6.07, 6.45) is 0. The zero-order chi connectivity index (χ0) is 14.0. The molecule has 1 amide bonds. The first kappa shape index (κ1) is 13.7. The van der Waals surface area contributed by atoms with Gasteiger partial charge in [-0.2, -0.15) is 0 Å². The Morgan fingerprint density at radius 3 is 2.89 bits per heavy atom. The minimum absolute atomic E-state index is 0.151. The Kier molecular flexibility index (Phi) is 3.66. The molecule has 1 aliphatic rings. The molecule has 1 heterocycles. The van der Waals surface area contributed by atoms with Crippen LogP contribution in [0.1, 0.15) is 13.8 Å². The van der Waals surface area contributed by atoms with E-state index < -0.39 is 6.04 Å². The standard InChI is InChI=1S/C14H20N2O3/c1-14(2)9-16(12(8-17)13(18)15-14)10-5-4-6-11(7-10)19-3/h4-7,12,17H,8-9H2,1-3H3,(H,15,18). The number of piperazine rings is 1. The number of nitrogens with one attached hydrogen (secondary N) is 1. The fraction of sp³-hybridized carbons (Fsp3) is 0.500. The highest BCUT2D eigenvalue weighted by molar-refractivity contribution is 5.87. The SMILES string of the molecule is COc1cccc(N2CC(C)(C)NC(=O)C2CO)c1. The monoisotopic (exact) mass is 264 g/mol. The van der Waals surface area contributed by atoms with Crippen LogP contribution in [-0.4, -0.2) is 42.9 Å². The number of methoxy groups -OCH3 is 1. The summed E-state index contributed by atoms with van der Waals surface area (Å²) in [6, 6.07) is 6.96. The summed E-state index contributed by atoms with van der Waals surface area (Å²) in [7, 11) is 1.61. The minimum Gasteiger partial charge on any atom is -0.497 e. The Morgan fingerprint density at radius 1 is 1.53 bits per heavy atom. The van der Waals surface area contributed by atoms with Crippen molar-refractivity contribution in [3.05, 3.63) is 24.3 Å². The predicted molar refractivity (Wildman–Crippen MR) is 73.4 cm³/mol. The number of hydrogen-bond acceptors (Lipinski definition) is 4. The maximum absolute atomic E-state index is 12.0. The number of carbonyl (C=O) groups excluding carboxylic acids is 1. The Labute approximate surface area is 113 Å². The Balaban J connectivity index is 2.35. The van der Waals surface area contributed by atoms with Gasteiger partial charge in [-0.05, 0) is 26.0 Å². The summed E-state index contributed by atoms with van der Waals surface area (Å²) in [4.78, 5) is 14.0. The van der Waals surface area contributed by atoms with Crippen LogP contribution in [0.2, 0.25) is 0 Å². The second-order valence-corrected chi connectivity index (χ2v) is 5.40. The molecule has 19 heavy (non-hydrogen) atoms. The summed E-state index contributed by atoms with van der Waals surface area (Å²) in [5.74, 6) is 0.583. The zero-order valence-corrected chi connectivity index (χ0v) is 11.5. The number of aliphatic hydroxyl groups is 1. The van der Waals surface area contributed by atoms with Gasteiger partial charge in [-0.1, -0.05) is 6.07 Å². The van der Waals surface area contributed by atoms with Gasteiger partial charge in [0.25, 0.3) is 0 Å². The Morgan fingerprint density at radius 2 is 2.26 bits per heavy atom. The highest BCUT2D eigenvalue weighted by atomic mass is 16.5. The average molecular weight is 264 g/mol. The van der Waals surface area contributed by atoms with Gasteiger partial charge in [0.05, 0.1) is 19.3 Å². The predicted octanol–water partition coefficient (Wildman–Crippen LogP) is 0.771. The molecule has 1 atom stereocenters. The van der Waals surface area contributed by atoms with Gasteiger partial charge in [-0.3, -0.25) is 4.79 Å². The van der Waals surface area contributed by atoms with E-state index in [2.05, 4.69) is 5.32 Å². The molecule has 1 unspecified atom stereocenters. The molecular formula is C14H20N2O3. The average Bonchev–Trinajstić information content (AvgIpc) is 2.37. The topological polar surface area (TPSA) is 61.8 Å². The highest BCUT2D eigenvalue weighted by Crippen LogP contribution is 2.27. The van der Waals surface area contributed by atoms with E-state index in [4.69, 9.17) is 4.74 Å². The van der Waals surface area contributed by atoms with E-state index in [9.17, 15) is 9.90 Å². The van der Waals surface area contributed by atoms with E-state index in [-0.39, 0.29) is 18.1 Å². The lowest BCUT2D eigenvalue weighted by atomic mass is 9.97. The molecule has 2 rings (SSSR count). The van der Waals surface area contributed by atoms with Crippen LogP contribution < -0.4 is 15.0 Å². The van der Waals surface area contributed by atoms with Gasteiger partial charge >= 0.3 is 0 Å². The normalized spacial score (nSPS) is 22.0. The van der Waals surface area contributed by atoms with Gasteiger partial charge in [0.2, 0.25) is 5.91 Å². The molecule has 1 aromatic carbocycles. The van der Waals surface area contributed by atoms with Crippen molar-refractivity contribution in [3.63, 3.8) is 0 Å². The van der Waals surface area contributed by atoms with E-state index in [0.29, 0.717) is 6.54 Å². The van der Waals surface area contributed by atoms with Crippen molar-refractivity contribution in [3.8, 4) is 5.75 Å². The Hall–Kier alpha value is -1.75. The van der Waals surface area contributed by atoms with Gasteiger partial charge in [0.15, 0.2) is 0 Å². The van der Waals surface area contributed by atoms with E-state index in [1.54, 1.807) is 7.11 Å². The maximum atomic E-state index is 12.0. The van der Waals surface area contributed by atoms with E-state index in [1.165, 1.54) is 0 Å². The van der Waals surface area contributed by atoms with E-state index in [0.717, 1.165) is 11.4 Å². The summed E-state index contributed by atoms with van der Waals surface area (Å²) in [5, 5.41) is 12.4. The molecule has 0 bridgehead atoms. The lowest BCUT2D eigenvalue weighted by Crippen LogP contribution is -2.66. The molecule has 5 nitrogen and oxygen atoms in total. The van der Waals surface area contributed by atoms with Crippen molar-refractivity contribution < 1.29 is 14.6 Å². The molecule has 0 spiro atoms. The number of nitrogens with zero attached hydrogens (tertiary/aromatic N) is 1. The van der Waals surface area contributed by atoms with E-state index in [1.807, 2.05) is 43.0 Å². The number of benzene rings is 1. The Bertz CT molecular complexity index is 474. The molecule has 0 aliphatic carbocycles. The van der Waals surface area contributed by atoms with Crippen LogP contribution in [0, 0.1) is 0 Å². The minimum atomic E-state index is -0.555. The molecule has 0 aromatic heterocycles. The lowest BCUT2D eigenvalue weighted by molar-refractivity contribution is -0.126. The smallest absolute Gasteiger partial charge is 0.245 e. The third-order valence-electron chi connectivity index (χ3n) is 3.26. The van der Waals surface area contributed by atoms with Crippen molar-refractivity contribution in [2.75, 3.05) is 25.2 Å². The zero-order valence-electron chi connectivity index (χ0n) is 11.5. The molecule has 1 aliphatic heterocycles. The second-order valence-electron chi connectivity index (χ2n) is 5.40. The summed E-state index contributed by atoms with van der Waals surface area (Å²) in [6.45, 7) is 4.35. The van der Waals surface area contributed by atoms with Gasteiger partial charge in [-0.15, -0.1) is 0 Å². The van der Waals surface area contributed by atoms with Crippen molar-refractivity contribution in [1.29, 1.82) is 0 Å². The first-order valence-corrected chi connectivity index (χ1v) is 6.30. The number of amides is 1. The molecular weight excluding hydrogens is 244 g/mol. The van der Waals surface area contributed by atoms with Crippen molar-refractivity contribution in [2.24, 2.45) is 0 Å². The lowest BCUT2D eigenvalue weighted by Gasteiger charge is -2.44. The van der Waals surface area contributed by atoms with Crippen LogP contribution in [0.4, 0.5) is 5.69 Å². The fourth-order valence-electron chi connectivity index (χ4n) is 2.38. The van der Waals surface area contributed by atoms with Crippen LogP contribution in [-0.2, 0) is 4.79 Å². The molecule has 1 fully saturated rings. The molecule has 5 heteroatoms. The highest BCUT2D eigenvalue weighted by Gasteiger charge is 2.38. The first-order chi connectivity index (χ1) is 8.96. The van der Waals surface area contributed by atoms with Gasteiger partial charge in [-0.25, -0.2) is 0 Å². The molecule has 2 N–H and O–H groups in total. The van der Waals surface area contributed by atoms with Crippen molar-refractivity contribution in [1.82, 2.24) is 5.32 Å². The first-order valence-electron chi connectivity index (χ1n) is 6.30. The number of carbonyl (C=O) groups is 1. The molecule has 1 aromatic rings. The van der Waals surface area contributed by atoms with Crippen molar-refractivity contribution >= 4 is 11.6 Å². The van der Waals surface area contributed by atoms with Crippen LogP contribution in [0.15, 0.2) is 24.3 Å². The molecule has 1 saturated heterocycles. The summed E-state index contributed by atoms with van der Waals surface area (Å²) >= 11 is 0. The largest absolute Gasteiger partial charge is 0.497 e. The number of rotatable bonds is 3. The quantitative estimate of drug-likeness (QED) is 0.846. The van der Waals surface area contributed by atoms with Crippen LogP contribution in [0.3, 0.4) is 0 Å². The van der Waals surface area contributed by atoms with Gasteiger partial charge < -0.3 is 20.1 Å². The third kappa shape index (κ3) is 2.81. The van der Waals surface area contributed by atoms with Crippen LogP contribution in [0.5, 0.6) is 5.75 Å².